The number of thioether (sulfide) groups is 1. The van der Waals surface area contributed by atoms with E-state index in [0.29, 0.717) is 11.5 Å². The SMILES string of the molecule is C=CCSCCNc1c(F)c(F)c(F)c(F)c1F. The minimum Gasteiger partial charge on any atom is -0.379 e. The molecule has 0 fully saturated rings. The lowest BCUT2D eigenvalue weighted by atomic mass is 10.2. The zero-order valence-corrected chi connectivity index (χ0v) is 10.0. The lowest BCUT2D eigenvalue weighted by Gasteiger charge is -2.10. The monoisotopic (exact) mass is 283 g/mol. The molecule has 1 nitrogen and oxygen atoms in total. The van der Waals surface area contributed by atoms with Crippen molar-refractivity contribution in [3.05, 3.63) is 41.7 Å². The number of halogens is 5. The largest absolute Gasteiger partial charge is 0.379 e. The van der Waals surface area contributed by atoms with Crippen molar-refractivity contribution in [2.75, 3.05) is 23.4 Å². The zero-order chi connectivity index (χ0) is 13.7. The Kier molecular flexibility index (Phi) is 5.46. The van der Waals surface area contributed by atoms with Crippen molar-refractivity contribution in [3.8, 4) is 0 Å². The van der Waals surface area contributed by atoms with E-state index >= 15 is 0 Å². The van der Waals surface area contributed by atoms with Crippen LogP contribution in [-0.4, -0.2) is 18.1 Å². The number of nitrogens with one attached hydrogen (secondary N) is 1. The van der Waals surface area contributed by atoms with E-state index in [4.69, 9.17) is 0 Å². The average Bonchev–Trinajstić information content (AvgIpc) is 2.37. The van der Waals surface area contributed by atoms with E-state index in [0.717, 1.165) is 0 Å². The number of anilines is 1. The Morgan fingerprint density at radius 3 is 1.94 bits per heavy atom. The smallest absolute Gasteiger partial charge is 0.200 e. The first-order valence-electron chi connectivity index (χ1n) is 4.94. The minimum absolute atomic E-state index is 0.0802. The van der Waals surface area contributed by atoms with Crippen LogP contribution in [0.25, 0.3) is 0 Å². The molecule has 0 aliphatic heterocycles. The number of hydrogen-bond acceptors (Lipinski definition) is 2. The summed E-state index contributed by atoms with van der Waals surface area (Å²) in [5, 5.41) is 2.20. The van der Waals surface area contributed by atoms with Gasteiger partial charge in [-0.3, -0.25) is 0 Å². The van der Waals surface area contributed by atoms with Crippen LogP contribution in [0.4, 0.5) is 27.6 Å². The first-order valence-corrected chi connectivity index (χ1v) is 6.10. The Morgan fingerprint density at radius 1 is 0.944 bits per heavy atom. The van der Waals surface area contributed by atoms with Crippen molar-refractivity contribution in [3.63, 3.8) is 0 Å². The van der Waals surface area contributed by atoms with Gasteiger partial charge in [0.05, 0.1) is 0 Å². The summed E-state index contributed by atoms with van der Waals surface area (Å²) in [7, 11) is 0. The van der Waals surface area contributed by atoms with Crippen LogP contribution in [0, 0.1) is 29.1 Å². The number of benzene rings is 1. The molecule has 0 saturated heterocycles. The van der Waals surface area contributed by atoms with Crippen LogP contribution in [0.2, 0.25) is 0 Å². The van der Waals surface area contributed by atoms with E-state index in [-0.39, 0.29) is 6.54 Å². The Bertz CT molecular complexity index is 421. The van der Waals surface area contributed by atoms with Gasteiger partial charge < -0.3 is 5.32 Å². The van der Waals surface area contributed by atoms with Gasteiger partial charge in [-0.2, -0.15) is 11.8 Å². The molecule has 0 heterocycles. The van der Waals surface area contributed by atoms with E-state index < -0.39 is 34.8 Å². The third kappa shape index (κ3) is 3.16. The highest BCUT2D eigenvalue weighted by atomic mass is 32.2. The van der Waals surface area contributed by atoms with E-state index in [1.165, 1.54) is 11.8 Å². The van der Waals surface area contributed by atoms with Gasteiger partial charge in [0.1, 0.15) is 5.69 Å². The molecule has 1 N–H and O–H groups in total. The van der Waals surface area contributed by atoms with Gasteiger partial charge in [0.15, 0.2) is 23.3 Å². The fourth-order valence-electron chi connectivity index (χ4n) is 1.17. The van der Waals surface area contributed by atoms with Gasteiger partial charge in [0.2, 0.25) is 5.82 Å². The Hall–Kier alpha value is -1.24. The second-order valence-corrected chi connectivity index (χ2v) is 4.39. The maximum atomic E-state index is 13.2. The van der Waals surface area contributed by atoms with Crippen LogP contribution < -0.4 is 5.32 Å². The van der Waals surface area contributed by atoms with Crippen LogP contribution in [0.15, 0.2) is 12.7 Å². The molecule has 100 valence electrons. The zero-order valence-electron chi connectivity index (χ0n) is 9.20. The van der Waals surface area contributed by atoms with Crippen molar-refractivity contribution < 1.29 is 22.0 Å². The molecule has 0 aliphatic rings. The predicted octanol–water partition coefficient (Wildman–Crippen LogP) is 3.71. The summed E-state index contributed by atoms with van der Waals surface area (Å²) in [6.07, 6.45) is 1.64. The fraction of sp³-hybridized carbons (Fsp3) is 0.273. The number of rotatable bonds is 6. The maximum Gasteiger partial charge on any atom is 0.200 e. The first-order chi connectivity index (χ1) is 8.50. The molecule has 1 rings (SSSR count). The topological polar surface area (TPSA) is 12.0 Å². The van der Waals surface area contributed by atoms with Gasteiger partial charge in [-0.25, -0.2) is 22.0 Å². The normalized spacial score (nSPS) is 10.5. The molecular formula is C11H10F5NS. The first kappa shape index (κ1) is 14.8. The molecule has 0 radical (unpaired) electrons. The van der Waals surface area contributed by atoms with E-state index in [9.17, 15) is 22.0 Å². The molecule has 0 atom stereocenters. The van der Waals surface area contributed by atoms with Gasteiger partial charge in [0, 0.05) is 18.1 Å². The average molecular weight is 283 g/mol. The third-order valence-corrected chi connectivity index (χ3v) is 2.96. The van der Waals surface area contributed by atoms with Gasteiger partial charge in [-0.15, -0.1) is 6.58 Å². The van der Waals surface area contributed by atoms with Crippen LogP contribution >= 0.6 is 11.8 Å². The highest BCUT2D eigenvalue weighted by molar-refractivity contribution is 7.99. The van der Waals surface area contributed by atoms with Crippen molar-refractivity contribution in [2.45, 2.75) is 0 Å². The quantitative estimate of drug-likeness (QED) is 0.281. The van der Waals surface area contributed by atoms with Gasteiger partial charge >= 0.3 is 0 Å². The molecule has 0 saturated carbocycles. The Morgan fingerprint density at radius 2 is 1.44 bits per heavy atom. The summed E-state index contributed by atoms with van der Waals surface area (Å²) in [6.45, 7) is 3.56. The highest BCUT2D eigenvalue weighted by Gasteiger charge is 2.25. The predicted molar refractivity (Wildman–Crippen MR) is 62.2 cm³/mol. The minimum atomic E-state index is -2.16. The second-order valence-electron chi connectivity index (χ2n) is 3.24. The van der Waals surface area contributed by atoms with Crippen LogP contribution in [0.3, 0.4) is 0 Å². The summed E-state index contributed by atoms with van der Waals surface area (Å²) in [5.74, 6) is -8.66. The molecule has 0 aliphatic carbocycles. The van der Waals surface area contributed by atoms with Crippen molar-refractivity contribution in [1.29, 1.82) is 0 Å². The van der Waals surface area contributed by atoms with Crippen molar-refractivity contribution >= 4 is 17.4 Å². The fourth-order valence-corrected chi connectivity index (χ4v) is 1.75. The Balaban J connectivity index is 2.80. The molecule has 7 heteroatoms. The second kappa shape index (κ2) is 6.63. The molecule has 0 unspecified atom stereocenters. The molecule has 1 aromatic carbocycles. The lowest BCUT2D eigenvalue weighted by Crippen LogP contribution is -2.12. The van der Waals surface area contributed by atoms with Gasteiger partial charge in [-0.1, -0.05) is 6.08 Å². The van der Waals surface area contributed by atoms with Gasteiger partial charge in [0.25, 0.3) is 0 Å². The summed E-state index contributed by atoms with van der Waals surface area (Å²) >= 11 is 1.41. The molecule has 0 amide bonds. The summed E-state index contributed by atoms with van der Waals surface area (Å²) in [6, 6.07) is 0. The van der Waals surface area contributed by atoms with E-state index in [1.807, 2.05) is 0 Å². The molecular weight excluding hydrogens is 273 g/mol. The lowest BCUT2D eigenvalue weighted by molar-refractivity contribution is 0.381. The van der Waals surface area contributed by atoms with E-state index in [1.54, 1.807) is 6.08 Å². The van der Waals surface area contributed by atoms with Crippen LogP contribution in [-0.2, 0) is 0 Å². The summed E-state index contributed by atoms with van der Waals surface area (Å²) in [5.41, 5.74) is -0.995. The van der Waals surface area contributed by atoms with Crippen LogP contribution in [0.1, 0.15) is 0 Å². The number of hydrogen-bond donors (Lipinski definition) is 1. The van der Waals surface area contributed by atoms with Crippen molar-refractivity contribution in [2.24, 2.45) is 0 Å². The standard InChI is InChI=1S/C11H10F5NS/c1-2-4-18-5-3-17-11-9(15)7(13)6(12)8(14)10(11)16/h2,17H,1,3-5H2. The summed E-state index contributed by atoms with van der Waals surface area (Å²) in [4.78, 5) is 0. The summed E-state index contributed by atoms with van der Waals surface area (Å²) < 4.78 is 64.7. The Labute approximate surface area is 105 Å². The molecule has 1 aromatic rings. The highest BCUT2D eigenvalue weighted by Crippen LogP contribution is 2.26. The van der Waals surface area contributed by atoms with Crippen molar-refractivity contribution in [1.82, 2.24) is 0 Å². The van der Waals surface area contributed by atoms with E-state index in [2.05, 4.69) is 11.9 Å². The molecule has 0 spiro atoms. The maximum absolute atomic E-state index is 13.2. The van der Waals surface area contributed by atoms with Crippen LogP contribution in [0.5, 0.6) is 0 Å². The third-order valence-electron chi connectivity index (χ3n) is 1.99. The molecule has 0 bridgehead atoms. The van der Waals surface area contributed by atoms with Gasteiger partial charge in [-0.05, 0) is 0 Å². The molecule has 18 heavy (non-hydrogen) atoms. The molecule has 0 aromatic heterocycles.